The van der Waals surface area contributed by atoms with E-state index in [1.807, 2.05) is 54.1 Å². The minimum absolute atomic E-state index is 0.00608. The molecule has 3 heterocycles. The van der Waals surface area contributed by atoms with Gasteiger partial charge in [-0.1, -0.05) is 42.5 Å². The number of carbonyl (C=O) groups is 1. The van der Waals surface area contributed by atoms with Crippen molar-refractivity contribution in [2.75, 3.05) is 12.4 Å². The number of pyridine rings is 1. The zero-order valence-corrected chi connectivity index (χ0v) is 18.5. The summed E-state index contributed by atoms with van der Waals surface area (Å²) in [6.07, 6.45) is 5.54. The molecule has 4 aromatic rings. The summed E-state index contributed by atoms with van der Waals surface area (Å²) in [5.41, 5.74) is 11.4. The van der Waals surface area contributed by atoms with Crippen LogP contribution in [-0.4, -0.2) is 27.6 Å². The average molecular weight is 440 g/mol. The molecule has 166 valence electrons. The molecule has 2 unspecified atom stereocenters. The number of benzene rings is 2. The number of hydrogen-bond acceptors (Lipinski definition) is 5. The Kier molecular flexibility index (Phi) is 5.18. The van der Waals surface area contributed by atoms with E-state index in [-0.39, 0.29) is 11.8 Å². The molecule has 1 amide bonds. The second-order valence-corrected chi connectivity index (χ2v) is 8.30. The van der Waals surface area contributed by atoms with E-state index < -0.39 is 5.54 Å². The van der Waals surface area contributed by atoms with Gasteiger partial charge >= 0.3 is 0 Å². The number of nitrogens with one attached hydrogen (secondary N) is 1. The highest BCUT2D eigenvalue weighted by atomic mass is 16.5. The van der Waals surface area contributed by atoms with E-state index in [1.54, 1.807) is 25.8 Å². The van der Waals surface area contributed by atoms with Crippen molar-refractivity contribution in [1.29, 1.82) is 0 Å². The third-order valence-corrected chi connectivity index (χ3v) is 6.34. The molecule has 0 bridgehead atoms. The van der Waals surface area contributed by atoms with Crippen LogP contribution in [-0.2, 0) is 17.4 Å². The first kappa shape index (κ1) is 20.9. The van der Waals surface area contributed by atoms with Gasteiger partial charge in [0.05, 0.1) is 37.2 Å². The second-order valence-electron chi connectivity index (χ2n) is 8.30. The monoisotopic (exact) mass is 439 g/mol. The van der Waals surface area contributed by atoms with Gasteiger partial charge in [-0.05, 0) is 34.9 Å². The standard InChI is InChI=1S/C26H25N5O2/c1-31-16-28-15-24(31)26(27,23-11-9-19(33-2)14-29-23)18-8-10-22-21(12-18)20(13-25(32)30-22)17-6-4-3-5-7-17/h3-12,14-16,20H,13,27H2,1-2H3,(H,30,32). The van der Waals surface area contributed by atoms with Gasteiger partial charge in [-0.15, -0.1) is 0 Å². The Morgan fingerprint density at radius 2 is 1.94 bits per heavy atom. The van der Waals surface area contributed by atoms with Crippen molar-refractivity contribution >= 4 is 11.6 Å². The van der Waals surface area contributed by atoms with Gasteiger partial charge in [0.15, 0.2) is 0 Å². The van der Waals surface area contributed by atoms with Crippen molar-refractivity contribution in [1.82, 2.24) is 14.5 Å². The van der Waals surface area contributed by atoms with Crippen molar-refractivity contribution < 1.29 is 9.53 Å². The summed E-state index contributed by atoms with van der Waals surface area (Å²) in [6, 6.07) is 19.8. The lowest BCUT2D eigenvalue weighted by atomic mass is 9.79. The fourth-order valence-corrected chi connectivity index (χ4v) is 4.59. The zero-order chi connectivity index (χ0) is 23.0. The molecule has 0 spiro atoms. The predicted molar refractivity (Wildman–Crippen MR) is 126 cm³/mol. The van der Waals surface area contributed by atoms with Gasteiger partial charge in [0, 0.05) is 25.1 Å². The largest absolute Gasteiger partial charge is 0.495 e. The van der Waals surface area contributed by atoms with Crippen molar-refractivity contribution in [3.05, 3.63) is 107 Å². The van der Waals surface area contributed by atoms with Crippen molar-refractivity contribution in [3.8, 4) is 5.75 Å². The van der Waals surface area contributed by atoms with Gasteiger partial charge in [-0.2, -0.15) is 0 Å². The number of aryl methyl sites for hydroxylation is 1. The Balaban J connectivity index is 1.70. The van der Waals surface area contributed by atoms with Crippen LogP contribution < -0.4 is 15.8 Å². The summed E-state index contributed by atoms with van der Waals surface area (Å²) in [5.74, 6) is 0.601. The van der Waals surface area contributed by atoms with Gasteiger partial charge in [-0.3, -0.25) is 9.78 Å². The van der Waals surface area contributed by atoms with Gasteiger partial charge in [0.2, 0.25) is 5.91 Å². The van der Waals surface area contributed by atoms with Crippen LogP contribution in [0.1, 0.15) is 40.4 Å². The number of imidazole rings is 1. The van der Waals surface area contributed by atoms with Gasteiger partial charge in [0.25, 0.3) is 0 Å². The van der Waals surface area contributed by atoms with Crippen LogP contribution in [0.3, 0.4) is 0 Å². The number of rotatable bonds is 5. The van der Waals surface area contributed by atoms with Crippen LogP contribution >= 0.6 is 0 Å². The topological polar surface area (TPSA) is 95.1 Å². The minimum Gasteiger partial charge on any atom is -0.495 e. The van der Waals surface area contributed by atoms with Gasteiger partial charge < -0.3 is 20.4 Å². The molecule has 0 saturated heterocycles. The third-order valence-electron chi connectivity index (χ3n) is 6.34. The molecule has 2 atom stereocenters. The number of methoxy groups -OCH3 is 1. The minimum atomic E-state index is -1.06. The lowest BCUT2D eigenvalue weighted by Gasteiger charge is -2.33. The summed E-state index contributed by atoms with van der Waals surface area (Å²) in [6.45, 7) is 0. The maximum Gasteiger partial charge on any atom is 0.225 e. The molecule has 7 nitrogen and oxygen atoms in total. The second kappa shape index (κ2) is 8.18. The maximum atomic E-state index is 12.4. The zero-order valence-electron chi connectivity index (χ0n) is 18.5. The van der Waals surface area contributed by atoms with E-state index in [0.717, 1.165) is 28.1 Å². The van der Waals surface area contributed by atoms with Crippen LogP contribution in [0.15, 0.2) is 79.4 Å². The lowest BCUT2D eigenvalue weighted by Crippen LogP contribution is -2.42. The van der Waals surface area contributed by atoms with Crippen LogP contribution in [0.4, 0.5) is 5.69 Å². The first-order chi connectivity index (χ1) is 16.0. The molecular weight excluding hydrogens is 414 g/mol. The van der Waals surface area contributed by atoms with E-state index >= 15 is 0 Å². The highest BCUT2D eigenvalue weighted by Gasteiger charge is 2.38. The van der Waals surface area contributed by atoms with Crippen LogP contribution in [0.2, 0.25) is 0 Å². The molecule has 1 aliphatic heterocycles. The highest BCUT2D eigenvalue weighted by molar-refractivity contribution is 5.95. The molecular formula is C26H25N5O2. The molecule has 3 N–H and O–H groups in total. The summed E-state index contributed by atoms with van der Waals surface area (Å²) >= 11 is 0. The predicted octanol–water partition coefficient (Wildman–Crippen LogP) is 3.55. The molecule has 0 fully saturated rings. The van der Waals surface area contributed by atoms with Gasteiger partial charge in [-0.25, -0.2) is 4.98 Å². The maximum absolute atomic E-state index is 12.4. The number of fused-ring (bicyclic) bond motifs is 1. The van der Waals surface area contributed by atoms with Gasteiger partial charge in [0.1, 0.15) is 11.3 Å². The highest BCUT2D eigenvalue weighted by Crippen LogP contribution is 2.41. The molecule has 0 radical (unpaired) electrons. The van der Waals surface area contributed by atoms with Crippen molar-refractivity contribution in [2.24, 2.45) is 12.8 Å². The summed E-state index contributed by atoms with van der Waals surface area (Å²) in [4.78, 5) is 21.4. The van der Waals surface area contributed by atoms with Crippen LogP contribution in [0.5, 0.6) is 5.75 Å². The number of anilines is 1. The number of aromatic nitrogens is 3. The van der Waals surface area contributed by atoms with Crippen molar-refractivity contribution in [2.45, 2.75) is 17.9 Å². The summed E-state index contributed by atoms with van der Waals surface area (Å²) < 4.78 is 7.19. The molecule has 33 heavy (non-hydrogen) atoms. The number of amides is 1. The number of nitrogens with two attached hydrogens (primary N) is 1. The molecule has 2 aromatic carbocycles. The fraction of sp³-hybridized carbons (Fsp3) is 0.192. The number of nitrogens with zero attached hydrogens (tertiary/aromatic N) is 3. The summed E-state index contributed by atoms with van der Waals surface area (Å²) in [7, 11) is 3.52. The van der Waals surface area contributed by atoms with E-state index in [9.17, 15) is 4.79 Å². The van der Waals surface area contributed by atoms with E-state index in [1.165, 1.54) is 0 Å². The third kappa shape index (κ3) is 3.56. The number of ether oxygens (including phenoxy) is 1. The first-order valence-corrected chi connectivity index (χ1v) is 10.8. The normalized spacial score (nSPS) is 17.1. The first-order valence-electron chi connectivity index (χ1n) is 10.8. The van der Waals surface area contributed by atoms with E-state index in [4.69, 9.17) is 10.5 Å². The Morgan fingerprint density at radius 3 is 2.61 bits per heavy atom. The molecule has 5 rings (SSSR count). The van der Waals surface area contributed by atoms with Crippen LogP contribution in [0, 0.1) is 0 Å². The smallest absolute Gasteiger partial charge is 0.225 e. The Labute approximate surface area is 192 Å². The Bertz CT molecular complexity index is 1300. The molecule has 0 aliphatic carbocycles. The van der Waals surface area contributed by atoms with Crippen molar-refractivity contribution in [3.63, 3.8) is 0 Å². The summed E-state index contributed by atoms with van der Waals surface area (Å²) in [5, 5.41) is 3.01. The molecule has 1 aliphatic rings. The number of carbonyl (C=O) groups excluding carboxylic acids is 1. The average Bonchev–Trinajstić information content (AvgIpc) is 3.29. The van der Waals surface area contributed by atoms with E-state index in [2.05, 4.69) is 33.5 Å². The van der Waals surface area contributed by atoms with E-state index in [0.29, 0.717) is 17.9 Å². The molecule has 0 saturated carbocycles. The van der Waals surface area contributed by atoms with Crippen LogP contribution in [0.25, 0.3) is 0 Å². The molecule has 2 aromatic heterocycles. The fourth-order valence-electron chi connectivity index (χ4n) is 4.59. The SMILES string of the molecule is COc1ccc(C(N)(c2ccc3c(c2)C(c2ccccc2)CC(=O)N3)c2cncn2C)nc1. The lowest BCUT2D eigenvalue weighted by molar-refractivity contribution is -0.116. The quantitative estimate of drug-likeness (QED) is 0.496. The molecule has 7 heteroatoms. The Morgan fingerprint density at radius 1 is 1.12 bits per heavy atom. The Hall–Kier alpha value is -3.97. The number of hydrogen-bond donors (Lipinski definition) is 2.